The molecule has 1 unspecified atom stereocenters. The highest BCUT2D eigenvalue weighted by Gasteiger charge is 2.08. The van der Waals surface area contributed by atoms with Crippen LogP contribution in [-0.4, -0.2) is 4.98 Å². The van der Waals surface area contributed by atoms with Crippen LogP contribution in [0.2, 0.25) is 14.4 Å². The summed E-state index contributed by atoms with van der Waals surface area (Å²) in [6.07, 6.45) is 1.66. The lowest BCUT2D eigenvalue weighted by Gasteiger charge is -2.13. The van der Waals surface area contributed by atoms with E-state index in [1.54, 1.807) is 12.3 Å². The number of hydrogen-bond acceptors (Lipinski definition) is 3. The average molecular weight is 322 g/mol. The minimum Gasteiger partial charge on any atom is -0.304 e. The monoisotopic (exact) mass is 320 g/mol. The van der Waals surface area contributed by atoms with Gasteiger partial charge in [-0.3, -0.25) is 0 Å². The van der Waals surface area contributed by atoms with E-state index in [4.69, 9.17) is 34.8 Å². The standard InChI is InChI=1S/C12H11Cl3N2S/c1-7(8-2-3-9(13)10(14)4-8)16-6-12-17-5-11(15)18-12/h2-5,7,16H,6H2,1H3. The van der Waals surface area contributed by atoms with Gasteiger partial charge >= 0.3 is 0 Å². The van der Waals surface area contributed by atoms with Crippen LogP contribution >= 0.6 is 46.1 Å². The van der Waals surface area contributed by atoms with Crippen molar-refractivity contribution >= 4 is 46.1 Å². The zero-order valence-electron chi connectivity index (χ0n) is 9.58. The normalized spacial score (nSPS) is 12.7. The third-order valence-corrected chi connectivity index (χ3v) is 4.38. The maximum atomic E-state index is 5.99. The minimum absolute atomic E-state index is 0.169. The molecule has 96 valence electrons. The molecular weight excluding hydrogens is 311 g/mol. The van der Waals surface area contributed by atoms with Crippen molar-refractivity contribution in [1.29, 1.82) is 0 Å². The molecule has 0 radical (unpaired) electrons. The summed E-state index contributed by atoms with van der Waals surface area (Å²) in [5.74, 6) is 0. The molecule has 0 amide bonds. The van der Waals surface area contributed by atoms with Gasteiger partial charge in [0.25, 0.3) is 0 Å². The van der Waals surface area contributed by atoms with E-state index in [9.17, 15) is 0 Å². The number of hydrogen-bond donors (Lipinski definition) is 1. The fraction of sp³-hybridized carbons (Fsp3) is 0.250. The Morgan fingerprint density at radius 1 is 1.28 bits per heavy atom. The summed E-state index contributed by atoms with van der Waals surface area (Å²) in [6, 6.07) is 5.80. The molecule has 2 nitrogen and oxygen atoms in total. The Balaban J connectivity index is 1.99. The summed E-state index contributed by atoms with van der Waals surface area (Å²) in [7, 11) is 0. The topological polar surface area (TPSA) is 24.9 Å². The second-order valence-corrected chi connectivity index (χ2v) is 6.40. The van der Waals surface area contributed by atoms with Crippen LogP contribution in [0.3, 0.4) is 0 Å². The predicted octanol–water partition coefficient (Wildman–Crippen LogP) is 4.95. The lowest BCUT2D eigenvalue weighted by atomic mass is 10.1. The first kappa shape index (κ1) is 14.1. The summed E-state index contributed by atoms with van der Waals surface area (Å²) in [4.78, 5) is 4.19. The molecular formula is C12H11Cl3N2S. The van der Waals surface area contributed by atoms with E-state index in [-0.39, 0.29) is 6.04 Å². The van der Waals surface area contributed by atoms with Crippen molar-refractivity contribution in [2.75, 3.05) is 0 Å². The van der Waals surface area contributed by atoms with Crippen LogP contribution in [0.4, 0.5) is 0 Å². The van der Waals surface area contributed by atoms with E-state index in [0.29, 0.717) is 20.9 Å². The Bertz CT molecular complexity index is 542. The van der Waals surface area contributed by atoms with Gasteiger partial charge in [-0.25, -0.2) is 4.98 Å². The summed E-state index contributed by atoms with van der Waals surface area (Å²) in [5, 5.41) is 5.47. The van der Waals surface area contributed by atoms with E-state index in [0.717, 1.165) is 10.6 Å². The summed E-state index contributed by atoms with van der Waals surface area (Å²) >= 11 is 19.2. The van der Waals surface area contributed by atoms with Crippen molar-refractivity contribution < 1.29 is 0 Å². The van der Waals surface area contributed by atoms with Crippen molar-refractivity contribution in [3.63, 3.8) is 0 Å². The molecule has 1 N–H and O–H groups in total. The highest BCUT2D eigenvalue weighted by molar-refractivity contribution is 7.15. The molecule has 18 heavy (non-hydrogen) atoms. The summed E-state index contributed by atoms with van der Waals surface area (Å²) < 4.78 is 0.703. The van der Waals surface area contributed by atoms with E-state index in [1.165, 1.54) is 11.3 Å². The molecule has 2 aromatic rings. The van der Waals surface area contributed by atoms with Crippen LogP contribution in [-0.2, 0) is 6.54 Å². The van der Waals surface area contributed by atoms with Crippen LogP contribution in [0.25, 0.3) is 0 Å². The third-order valence-electron chi connectivity index (χ3n) is 2.53. The molecule has 1 aromatic heterocycles. The minimum atomic E-state index is 0.169. The van der Waals surface area contributed by atoms with Crippen LogP contribution in [0.5, 0.6) is 0 Å². The summed E-state index contributed by atoms with van der Waals surface area (Å²) in [5.41, 5.74) is 1.09. The maximum absolute atomic E-state index is 5.99. The number of aromatic nitrogens is 1. The van der Waals surface area contributed by atoms with Crippen molar-refractivity contribution in [2.24, 2.45) is 0 Å². The van der Waals surface area contributed by atoms with Gasteiger partial charge < -0.3 is 5.32 Å². The maximum Gasteiger partial charge on any atom is 0.113 e. The van der Waals surface area contributed by atoms with Gasteiger partial charge in [0.05, 0.1) is 16.2 Å². The summed E-state index contributed by atoms with van der Waals surface area (Å²) in [6.45, 7) is 2.74. The number of rotatable bonds is 4. The quantitative estimate of drug-likeness (QED) is 0.861. The zero-order valence-corrected chi connectivity index (χ0v) is 12.7. The molecule has 0 aliphatic heterocycles. The molecule has 1 aromatic carbocycles. The van der Waals surface area contributed by atoms with Gasteiger partial charge in [0.1, 0.15) is 9.34 Å². The first-order valence-corrected chi connectivity index (χ1v) is 7.30. The lowest BCUT2D eigenvalue weighted by molar-refractivity contribution is 0.573. The molecule has 1 atom stereocenters. The SMILES string of the molecule is CC(NCc1ncc(Cl)s1)c1ccc(Cl)c(Cl)c1. The van der Waals surface area contributed by atoms with Crippen LogP contribution in [0.1, 0.15) is 23.5 Å². The van der Waals surface area contributed by atoms with Gasteiger partial charge in [-0.05, 0) is 24.6 Å². The van der Waals surface area contributed by atoms with Gasteiger partial charge in [0.2, 0.25) is 0 Å². The van der Waals surface area contributed by atoms with Gasteiger partial charge in [-0.2, -0.15) is 0 Å². The Morgan fingerprint density at radius 2 is 2.06 bits per heavy atom. The second kappa shape index (κ2) is 6.22. The second-order valence-electron chi connectivity index (χ2n) is 3.83. The molecule has 0 saturated carbocycles. The molecule has 2 rings (SSSR count). The highest BCUT2D eigenvalue weighted by Crippen LogP contribution is 2.26. The van der Waals surface area contributed by atoms with Gasteiger partial charge in [-0.1, -0.05) is 40.9 Å². The third kappa shape index (κ3) is 3.59. The molecule has 0 aliphatic rings. The van der Waals surface area contributed by atoms with Gasteiger partial charge in [-0.15, -0.1) is 11.3 Å². The number of benzene rings is 1. The Hall–Kier alpha value is -0.320. The van der Waals surface area contributed by atoms with E-state index < -0.39 is 0 Å². The van der Waals surface area contributed by atoms with Crippen molar-refractivity contribution in [3.8, 4) is 0 Å². The molecule has 1 heterocycles. The van der Waals surface area contributed by atoms with Gasteiger partial charge in [0, 0.05) is 12.6 Å². The van der Waals surface area contributed by atoms with Crippen LogP contribution in [0.15, 0.2) is 24.4 Å². The Morgan fingerprint density at radius 3 is 2.67 bits per heavy atom. The first-order valence-electron chi connectivity index (χ1n) is 5.35. The molecule has 0 saturated heterocycles. The van der Waals surface area contributed by atoms with E-state index >= 15 is 0 Å². The predicted molar refractivity (Wildman–Crippen MR) is 78.8 cm³/mol. The molecule has 0 bridgehead atoms. The van der Waals surface area contributed by atoms with E-state index in [1.807, 2.05) is 12.1 Å². The first-order chi connectivity index (χ1) is 8.56. The Kier molecular flexibility index (Phi) is 4.87. The lowest BCUT2D eigenvalue weighted by Crippen LogP contribution is -2.17. The van der Waals surface area contributed by atoms with Crippen molar-refractivity contribution in [1.82, 2.24) is 10.3 Å². The highest BCUT2D eigenvalue weighted by atomic mass is 35.5. The number of halogens is 3. The smallest absolute Gasteiger partial charge is 0.113 e. The molecule has 0 spiro atoms. The van der Waals surface area contributed by atoms with Gasteiger partial charge in [0.15, 0.2) is 0 Å². The molecule has 6 heteroatoms. The number of nitrogens with zero attached hydrogens (tertiary/aromatic N) is 1. The fourth-order valence-corrected chi connectivity index (χ4v) is 2.72. The molecule has 0 fully saturated rings. The van der Waals surface area contributed by atoms with Crippen LogP contribution < -0.4 is 5.32 Å². The average Bonchev–Trinajstić information content (AvgIpc) is 2.75. The molecule has 0 aliphatic carbocycles. The zero-order chi connectivity index (χ0) is 13.1. The number of thiazole rings is 1. The Labute approximate surface area is 125 Å². The van der Waals surface area contributed by atoms with Crippen molar-refractivity contribution in [3.05, 3.63) is 49.3 Å². The van der Waals surface area contributed by atoms with Crippen molar-refractivity contribution in [2.45, 2.75) is 19.5 Å². The van der Waals surface area contributed by atoms with Crippen LogP contribution in [0, 0.1) is 0 Å². The largest absolute Gasteiger partial charge is 0.304 e. The fourth-order valence-electron chi connectivity index (χ4n) is 1.51. The number of nitrogens with one attached hydrogen (secondary N) is 1. The van der Waals surface area contributed by atoms with E-state index in [2.05, 4.69) is 17.2 Å².